The lowest BCUT2D eigenvalue weighted by Crippen LogP contribution is -2.48. The monoisotopic (exact) mass is 534 g/mol. The Labute approximate surface area is 209 Å². The van der Waals surface area contributed by atoms with Gasteiger partial charge in [-0.2, -0.15) is 0 Å². The van der Waals surface area contributed by atoms with Gasteiger partial charge in [0.2, 0.25) is 5.60 Å². The largest absolute Gasteiger partial charge is 0.439 e. The van der Waals surface area contributed by atoms with E-state index in [4.69, 9.17) is 4.74 Å². The molecule has 2 heterocycles. The molecule has 3 aromatic rings. The number of hydrogen-bond acceptors (Lipinski definition) is 4. The number of benzene rings is 3. The minimum Gasteiger partial charge on any atom is -0.439 e. The molecule has 6 nitrogen and oxygen atoms in total. The van der Waals surface area contributed by atoms with Gasteiger partial charge in [0.25, 0.3) is 11.8 Å². The summed E-state index contributed by atoms with van der Waals surface area (Å²) in [6.07, 6.45) is -0.0203. The first-order chi connectivity index (χ1) is 16.8. The Kier molecular flexibility index (Phi) is 5.76. The Morgan fingerprint density at radius 3 is 2.49 bits per heavy atom. The van der Waals surface area contributed by atoms with Crippen LogP contribution >= 0.6 is 15.9 Å². The Hall–Kier alpha value is -3.78. The lowest BCUT2D eigenvalue weighted by molar-refractivity contribution is -0.165. The summed E-state index contributed by atoms with van der Waals surface area (Å²) in [6.45, 7) is 2.23. The second kappa shape index (κ2) is 8.78. The summed E-state index contributed by atoms with van der Waals surface area (Å²) in [5.74, 6) is -2.14. The van der Waals surface area contributed by atoms with E-state index >= 15 is 0 Å². The third-order valence-corrected chi connectivity index (χ3v) is 6.75. The summed E-state index contributed by atoms with van der Waals surface area (Å²) in [7, 11) is 0. The summed E-state index contributed by atoms with van der Waals surface area (Å²) in [5.41, 5.74) is 0.790. The molecular weight excluding hydrogens is 515 g/mol. The third-order valence-electron chi connectivity index (χ3n) is 6.26. The van der Waals surface area contributed by atoms with E-state index in [-0.39, 0.29) is 18.0 Å². The Balaban J connectivity index is 1.66. The van der Waals surface area contributed by atoms with E-state index in [2.05, 4.69) is 21.2 Å². The van der Waals surface area contributed by atoms with E-state index in [0.29, 0.717) is 34.5 Å². The van der Waals surface area contributed by atoms with Crippen LogP contribution in [0.4, 0.5) is 10.1 Å². The highest BCUT2D eigenvalue weighted by Gasteiger charge is 2.57. The van der Waals surface area contributed by atoms with Crippen LogP contribution in [-0.2, 0) is 19.9 Å². The highest BCUT2D eigenvalue weighted by molar-refractivity contribution is 9.10. The normalized spacial score (nSPS) is 19.1. The number of nitrogens with one attached hydrogen (secondary N) is 1. The molecule has 176 valence electrons. The molecule has 3 aromatic carbocycles. The van der Waals surface area contributed by atoms with Crippen LogP contribution in [0.5, 0.6) is 0 Å². The van der Waals surface area contributed by atoms with Crippen molar-refractivity contribution in [2.24, 2.45) is 0 Å². The van der Waals surface area contributed by atoms with Gasteiger partial charge in [0.15, 0.2) is 0 Å². The van der Waals surface area contributed by atoms with Crippen molar-refractivity contribution in [1.82, 2.24) is 5.32 Å². The zero-order chi connectivity index (χ0) is 24.7. The van der Waals surface area contributed by atoms with Crippen molar-refractivity contribution in [2.45, 2.75) is 18.9 Å². The number of amides is 2. The van der Waals surface area contributed by atoms with E-state index < -0.39 is 23.3 Å². The van der Waals surface area contributed by atoms with Crippen LogP contribution in [0, 0.1) is 5.82 Å². The number of ether oxygens (including phenoxy) is 1. The highest BCUT2D eigenvalue weighted by Crippen LogP contribution is 2.51. The molecule has 1 N–H and O–H groups in total. The van der Waals surface area contributed by atoms with E-state index in [0.717, 1.165) is 4.47 Å². The SMILES string of the molecule is CCN1C(=O)[C@@]2(CC(c3ccc(F)cc3)=C(NC(=O)c3ccccc3)C(=O)O2)c2cc(Br)ccc21. The standard InChI is InChI=1S/C27H20BrFN2O4/c1-2-31-22-13-10-18(28)14-21(22)27(26(31)34)15-20(16-8-11-19(29)12-9-16)23(25(33)35-27)30-24(32)17-6-4-3-5-7-17/h3-14H,2,15H2,1H3,(H,30,32)/t27-/m1/s1. The van der Waals surface area contributed by atoms with Gasteiger partial charge in [0.1, 0.15) is 11.5 Å². The number of esters is 1. The first-order valence-electron chi connectivity index (χ1n) is 11.0. The first kappa shape index (κ1) is 23.0. The fourth-order valence-electron chi connectivity index (χ4n) is 4.60. The Bertz CT molecular complexity index is 1390. The van der Waals surface area contributed by atoms with Crippen LogP contribution in [0.15, 0.2) is 83.0 Å². The number of rotatable bonds is 4. The first-order valence-corrected chi connectivity index (χ1v) is 11.8. The van der Waals surface area contributed by atoms with Gasteiger partial charge in [0, 0.05) is 28.6 Å². The summed E-state index contributed by atoms with van der Waals surface area (Å²) < 4.78 is 20.3. The molecular formula is C27H20BrFN2O4. The maximum atomic E-state index is 13.7. The number of carbonyl (C=O) groups excluding carboxylic acids is 3. The summed E-state index contributed by atoms with van der Waals surface area (Å²) in [4.78, 5) is 41.6. The van der Waals surface area contributed by atoms with Crippen LogP contribution in [0.25, 0.3) is 5.57 Å². The van der Waals surface area contributed by atoms with Crippen molar-refractivity contribution in [1.29, 1.82) is 0 Å². The maximum absolute atomic E-state index is 13.7. The van der Waals surface area contributed by atoms with Crippen LogP contribution in [0.1, 0.15) is 34.8 Å². The highest BCUT2D eigenvalue weighted by atomic mass is 79.9. The van der Waals surface area contributed by atoms with Crippen molar-refractivity contribution in [3.8, 4) is 0 Å². The van der Waals surface area contributed by atoms with Gasteiger partial charge in [-0.1, -0.05) is 46.3 Å². The molecule has 2 aliphatic rings. The van der Waals surface area contributed by atoms with Gasteiger partial charge in [0.05, 0.1) is 5.69 Å². The fraction of sp³-hybridized carbons (Fsp3) is 0.148. The third kappa shape index (κ3) is 3.83. The van der Waals surface area contributed by atoms with Crippen LogP contribution < -0.4 is 10.2 Å². The number of carbonyl (C=O) groups is 3. The second-order valence-electron chi connectivity index (χ2n) is 8.28. The van der Waals surface area contributed by atoms with E-state index in [1.54, 1.807) is 47.4 Å². The molecule has 0 bridgehead atoms. The lowest BCUT2D eigenvalue weighted by atomic mass is 9.82. The average Bonchev–Trinajstić information content (AvgIpc) is 3.08. The number of halogens is 2. The average molecular weight is 535 g/mol. The van der Waals surface area contributed by atoms with E-state index in [1.165, 1.54) is 24.3 Å². The molecule has 0 fully saturated rings. The van der Waals surface area contributed by atoms with Gasteiger partial charge in [-0.15, -0.1) is 0 Å². The van der Waals surface area contributed by atoms with E-state index in [1.807, 2.05) is 13.0 Å². The van der Waals surface area contributed by atoms with Crippen molar-refractivity contribution in [2.75, 3.05) is 11.4 Å². The van der Waals surface area contributed by atoms with Gasteiger partial charge >= 0.3 is 5.97 Å². The molecule has 0 saturated carbocycles. The van der Waals surface area contributed by atoms with E-state index in [9.17, 15) is 18.8 Å². The summed E-state index contributed by atoms with van der Waals surface area (Å²) in [6, 6.07) is 19.4. The lowest BCUT2D eigenvalue weighted by Gasteiger charge is -2.35. The minimum atomic E-state index is -1.60. The van der Waals surface area contributed by atoms with Crippen LogP contribution in [0.3, 0.4) is 0 Å². The zero-order valence-corrected chi connectivity index (χ0v) is 20.3. The molecule has 2 amide bonds. The fourth-order valence-corrected chi connectivity index (χ4v) is 4.96. The predicted octanol–water partition coefficient (Wildman–Crippen LogP) is 4.94. The molecule has 0 aliphatic carbocycles. The summed E-state index contributed by atoms with van der Waals surface area (Å²) >= 11 is 3.45. The molecule has 2 aliphatic heterocycles. The molecule has 5 rings (SSSR count). The Morgan fingerprint density at radius 2 is 1.80 bits per heavy atom. The van der Waals surface area contributed by atoms with Gasteiger partial charge < -0.3 is 15.0 Å². The molecule has 0 radical (unpaired) electrons. The number of likely N-dealkylation sites (N-methyl/N-ethyl adjacent to an activating group) is 1. The molecule has 8 heteroatoms. The van der Waals surface area contributed by atoms with Gasteiger partial charge in [-0.3, -0.25) is 9.59 Å². The van der Waals surface area contributed by atoms with Crippen molar-refractivity contribution in [3.05, 3.63) is 105 Å². The smallest absolute Gasteiger partial charge is 0.356 e. The van der Waals surface area contributed by atoms with Crippen molar-refractivity contribution >= 4 is 45.0 Å². The minimum absolute atomic E-state index is 0.0203. The molecule has 1 atom stereocenters. The molecule has 0 aromatic heterocycles. The zero-order valence-electron chi connectivity index (χ0n) is 18.7. The predicted molar refractivity (Wildman–Crippen MR) is 132 cm³/mol. The molecule has 0 unspecified atom stereocenters. The van der Waals surface area contributed by atoms with Crippen LogP contribution in [0.2, 0.25) is 0 Å². The maximum Gasteiger partial charge on any atom is 0.356 e. The topological polar surface area (TPSA) is 75.7 Å². The van der Waals surface area contributed by atoms with Crippen molar-refractivity contribution < 1.29 is 23.5 Å². The van der Waals surface area contributed by atoms with Crippen LogP contribution in [-0.4, -0.2) is 24.3 Å². The number of anilines is 1. The van der Waals surface area contributed by atoms with Gasteiger partial charge in [-0.25, -0.2) is 9.18 Å². The number of fused-ring (bicyclic) bond motifs is 2. The second-order valence-corrected chi connectivity index (χ2v) is 9.20. The van der Waals surface area contributed by atoms with Gasteiger partial charge in [-0.05, 0) is 60.5 Å². The molecule has 35 heavy (non-hydrogen) atoms. The molecule has 0 saturated heterocycles. The number of nitrogens with zero attached hydrogens (tertiary/aromatic N) is 1. The Morgan fingerprint density at radius 1 is 1.09 bits per heavy atom. The number of hydrogen-bond donors (Lipinski definition) is 1. The molecule has 1 spiro atoms. The quantitative estimate of drug-likeness (QED) is 0.481. The van der Waals surface area contributed by atoms with Crippen molar-refractivity contribution in [3.63, 3.8) is 0 Å². The summed E-state index contributed by atoms with van der Waals surface area (Å²) in [5, 5.41) is 2.67.